The summed E-state index contributed by atoms with van der Waals surface area (Å²) in [4.78, 5) is 24.6. The van der Waals surface area contributed by atoms with Crippen LogP contribution in [0.1, 0.15) is 29.3 Å². The van der Waals surface area contributed by atoms with Gasteiger partial charge in [0.15, 0.2) is 5.78 Å². The number of amides is 1. The van der Waals surface area contributed by atoms with E-state index in [1.54, 1.807) is 35.3 Å². The highest BCUT2D eigenvalue weighted by Crippen LogP contribution is 2.21. The summed E-state index contributed by atoms with van der Waals surface area (Å²) in [5.74, 6) is -0.827. The minimum atomic E-state index is -0.849. The molecule has 0 bridgehead atoms. The van der Waals surface area contributed by atoms with E-state index in [1.165, 1.54) is 5.56 Å². The summed E-state index contributed by atoms with van der Waals surface area (Å²) in [6.07, 6.45) is 5.47. The third-order valence-corrected chi connectivity index (χ3v) is 4.75. The highest BCUT2D eigenvalue weighted by molar-refractivity contribution is 5.98. The van der Waals surface area contributed by atoms with Crippen molar-refractivity contribution >= 4 is 11.7 Å². The van der Waals surface area contributed by atoms with Crippen LogP contribution in [0.25, 0.3) is 11.1 Å². The van der Waals surface area contributed by atoms with Crippen molar-refractivity contribution in [3.8, 4) is 11.1 Å². The Kier molecular flexibility index (Phi) is 6.92. The van der Waals surface area contributed by atoms with Crippen molar-refractivity contribution < 1.29 is 14.7 Å². The van der Waals surface area contributed by atoms with Crippen LogP contribution >= 0.6 is 0 Å². The zero-order valence-electron chi connectivity index (χ0n) is 16.4. The highest BCUT2D eigenvalue weighted by atomic mass is 16.3. The Morgan fingerprint density at radius 3 is 2.28 bits per heavy atom. The molecule has 1 atom stereocenters. The maximum absolute atomic E-state index is 12.6. The summed E-state index contributed by atoms with van der Waals surface area (Å²) in [5, 5.41) is 15.9. The molecule has 0 aliphatic carbocycles. The van der Waals surface area contributed by atoms with Crippen LogP contribution in [0.4, 0.5) is 0 Å². The van der Waals surface area contributed by atoms with E-state index in [0.717, 1.165) is 24.0 Å². The van der Waals surface area contributed by atoms with E-state index in [2.05, 4.69) is 41.6 Å². The first-order valence-corrected chi connectivity index (χ1v) is 9.72. The van der Waals surface area contributed by atoms with Gasteiger partial charge in [-0.05, 0) is 41.3 Å². The molecule has 0 spiro atoms. The second-order valence-corrected chi connectivity index (χ2v) is 6.90. The normalized spacial score (nSPS) is 11.8. The van der Waals surface area contributed by atoms with E-state index in [1.807, 2.05) is 12.1 Å². The number of aliphatic hydroxyl groups excluding tert-OH is 1. The number of Topliss-reactive ketones (excluding diaryl/α,β-unsaturated/α-hetero) is 1. The average Bonchev–Trinajstić information content (AvgIpc) is 3.27. The molecule has 2 N–H and O–H groups in total. The lowest BCUT2D eigenvalue weighted by molar-refractivity contribution is -0.124. The number of aromatic nitrogens is 2. The largest absolute Gasteiger partial charge is 0.388 e. The maximum Gasteiger partial charge on any atom is 0.251 e. The van der Waals surface area contributed by atoms with Gasteiger partial charge in [0.1, 0.15) is 12.6 Å². The van der Waals surface area contributed by atoms with E-state index in [4.69, 9.17) is 0 Å². The summed E-state index contributed by atoms with van der Waals surface area (Å²) < 4.78 is 1.55. The second-order valence-electron chi connectivity index (χ2n) is 6.90. The van der Waals surface area contributed by atoms with Crippen molar-refractivity contribution in [2.75, 3.05) is 6.61 Å². The zero-order chi connectivity index (χ0) is 20.6. The Labute approximate surface area is 170 Å². The maximum atomic E-state index is 12.6. The molecule has 0 aliphatic heterocycles. The number of ketones is 1. The van der Waals surface area contributed by atoms with Crippen molar-refractivity contribution in [3.05, 3.63) is 78.1 Å². The molecule has 1 amide bonds. The number of rotatable bonds is 9. The monoisotopic (exact) mass is 391 g/mol. The topological polar surface area (TPSA) is 84.2 Å². The first kappa shape index (κ1) is 20.5. The van der Waals surface area contributed by atoms with Gasteiger partial charge in [-0.1, -0.05) is 49.7 Å². The molecule has 0 fully saturated rings. The number of nitrogens with one attached hydrogen (secondary N) is 1. The predicted molar refractivity (Wildman–Crippen MR) is 111 cm³/mol. The first-order valence-electron chi connectivity index (χ1n) is 9.72. The third-order valence-electron chi connectivity index (χ3n) is 4.75. The molecule has 0 radical (unpaired) electrons. The number of aryl methyl sites for hydroxylation is 1. The molecule has 2 aromatic carbocycles. The van der Waals surface area contributed by atoms with Crippen molar-refractivity contribution in [2.24, 2.45) is 0 Å². The number of hydrogen-bond donors (Lipinski definition) is 2. The summed E-state index contributed by atoms with van der Waals surface area (Å²) in [6.45, 7) is 1.69. The molecule has 0 saturated carbocycles. The fourth-order valence-corrected chi connectivity index (χ4v) is 3.14. The number of hydrogen-bond acceptors (Lipinski definition) is 4. The molecule has 1 aromatic heterocycles. The van der Waals surface area contributed by atoms with Gasteiger partial charge in [-0.3, -0.25) is 14.3 Å². The van der Waals surface area contributed by atoms with Crippen molar-refractivity contribution in [1.29, 1.82) is 0 Å². The standard InChI is InChI=1S/C23H25N3O3/c1-2-4-17-5-7-18(8-6-17)19-9-11-20(12-10-19)23(29)25-21(22(28)16-27)15-26-14-3-13-24-26/h3,5-14,21,27H,2,4,15-16H2,1H3,(H,25,29)/t21-/m0/s1. The average molecular weight is 391 g/mol. The number of aliphatic hydroxyl groups is 1. The first-order chi connectivity index (χ1) is 14.1. The fourth-order valence-electron chi connectivity index (χ4n) is 3.14. The van der Waals surface area contributed by atoms with Gasteiger partial charge >= 0.3 is 0 Å². The lowest BCUT2D eigenvalue weighted by atomic mass is 10.0. The van der Waals surface area contributed by atoms with Gasteiger partial charge in [0.05, 0.1) is 6.54 Å². The van der Waals surface area contributed by atoms with Crippen LogP contribution in [0.2, 0.25) is 0 Å². The molecule has 6 heteroatoms. The van der Waals surface area contributed by atoms with Gasteiger partial charge in [-0.2, -0.15) is 5.10 Å². The molecule has 0 unspecified atom stereocenters. The molecule has 0 aliphatic rings. The number of carbonyl (C=O) groups is 2. The lowest BCUT2D eigenvalue weighted by Gasteiger charge is -2.17. The summed E-state index contributed by atoms with van der Waals surface area (Å²) in [6, 6.07) is 16.5. The molecular formula is C23H25N3O3. The molecule has 150 valence electrons. The van der Waals surface area contributed by atoms with E-state index >= 15 is 0 Å². The highest BCUT2D eigenvalue weighted by Gasteiger charge is 2.21. The van der Waals surface area contributed by atoms with Gasteiger partial charge in [0, 0.05) is 18.0 Å². The smallest absolute Gasteiger partial charge is 0.251 e. The SMILES string of the molecule is CCCc1ccc(-c2ccc(C(=O)N[C@@H](Cn3cccn3)C(=O)CO)cc2)cc1. The Morgan fingerprint density at radius 1 is 1.07 bits per heavy atom. The molecule has 3 rings (SSSR count). The zero-order valence-corrected chi connectivity index (χ0v) is 16.4. The van der Waals surface area contributed by atoms with Crippen molar-refractivity contribution in [2.45, 2.75) is 32.4 Å². The van der Waals surface area contributed by atoms with Gasteiger partial charge in [-0.25, -0.2) is 0 Å². The van der Waals surface area contributed by atoms with E-state index in [-0.39, 0.29) is 12.5 Å². The number of carbonyl (C=O) groups excluding carboxylic acids is 2. The molecule has 3 aromatic rings. The van der Waals surface area contributed by atoms with Crippen LogP contribution in [-0.2, 0) is 17.8 Å². The predicted octanol–water partition coefficient (Wildman–Crippen LogP) is 2.86. The Balaban J connectivity index is 1.69. The lowest BCUT2D eigenvalue weighted by Crippen LogP contribution is -2.45. The number of nitrogens with zero attached hydrogens (tertiary/aromatic N) is 2. The Morgan fingerprint density at radius 2 is 1.72 bits per heavy atom. The second kappa shape index (κ2) is 9.80. The molecule has 1 heterocycles. The quantitative estimate of drug-likeness (QED) is 0.587. The van der Waals surface area contributed by atoms with Crippen molar-refractivity contribution in [3.63, 3.8) is 0 Å². The summed E-state index contributed by atoms with van der Waals surface area (Å²) >= 11 is 0. The van der Waals surface area contributed by atoms with E-state index < -0.39 is 18.4 Å². The summed E-state index contributed by atoms with van der Waals surface area (Å²) in [7, 11) is 0. The minimum Gasteiger partial charge on any atom is -0.388 e. The molecule has 0 saturated heterocycles. The molecule has 6 nitrogen and oxygen atoms in total. The third kappa shape index (κ3) is 5.39. The van der Waals surface area contributed by atoms with Gasteiger partial charge < -0.3 is 10.4 Å². The molecular weight excluding hydrogens is 366 g/mol. The van der Waals surface area contributed by atoms with E-state index in [0.29, 0.717) is 5.56 Å². The van der Waals surface area contributed by atoms with Crippen LogP contribution < -0.4 is 5.32 Å². The van der Waals surface area contributed by atoms with Crippen LogP contribution in [0, 0.1) is 0 Å². The van der Waals surface area contributed by atoms with E-state index in [9.17, 15) is 14.7 Å². The van der Waals surface area contributed by atoms with Crippen molar-refractivity contribution in [1.82, 2.24) is 15.1 Å². The fraction of sp³-hybridized carbons (Fsp3) is 0.261. The number of benzene rings is 2. The summed E-state index contributed by atoms with van der Waals surface area (Å²) in [5.41, 5.74) is 3.87. The van der Waals surface area contributed by atoms with Crippen LogP contribution in [-0.4, -0.2) is 39.2 Å². The van der Waals surface area contributed by atoms with Crippen LogP contribution in [0.3, 0.4) is 0 Å². The van der Waals surface area contributed by atoms with Gasteiger partial charge in [0.25, 0.3) is 5.91 Å². The molecule has 29 heavy (non-hydrogen) atoms. The Bertz CT molecular complexity index is 933. The van der Waals surface area contributed by atoms with Crippen LogP contribution in [0.5, 0.6) is 0 Å². The minimum absolute atomic E-state index is 0.167. The van der Waals surface area contributed by atoms with Gasteiger partial charge in [-0.15, -0.1) is 0 Å². The van der Waals surface area contributed by atoms with Crippen LogP contribution in [0.15, 0.2) is 67.0 Å². The van der Waals surface area contributed by atoms with Gasteiger partial charge in [0.2, 0.25) is 0 Å². The Hall–Kier alpha value is -3.25.